The molecular formula is C26H26FN7O. The van der Waals surface area contributed by atoms with Crippen molar-refractivity contribution < 1.29 is 9.13 Å². The van der Waals surface area contributed by atoms with E-state index >= 15 is 4.39 Å². The minimum atomic E-state index is -0.457. The molecule has 0 amide bonds. The number of hydrogen-bond donors (Lipinski definition) is 1. The number of nitrogens with one attached hydrogen (secondary N) is 1. The van der Waals surface area contributed by atoms with Crippen LogP contribution in [0.5, 0.6) is 11.6 Å². The van der Waals surface area contributed by atoms with Gasteiger partial charge in [-0.05, 0) is 43.7 Å². The summed E-state index contributed by atoms with van der Waals surface area (Å²) in [4.78, 5) is 21.0. The molecule has 2 aromatic heterocycles. The summed E-state index contributed by atoms with van der Waals surface area (Å²) in [7, 11) is 2.14. The number of aromatic nitrogens is 3. The molecule has 5 rings (SSSR count). The van der Waals surface area contributed by atoms with E-state index in [1.54, 1.807) is 6.07 Å². The van der Waals surface area contributed by atoms with Gasteiger partial charge in [0.25, 0.3) is 5.69 Å². The van der Waals surface area contributed by atoms with E-state index in [9.17, 15) is 0 Å². The highest BCUT2D eigenvalue weighted by molar-refractivity contribution is 5.75. The Kier molecular flexibility index (Phi) is 6.40. The van der Waals surface area contributed by atoms with Crippen LogP contribution in [-0.4, -0.2) is 58.0 Å². The number of nitrogens with zero attached hydrogens (tertiary/aromatic N) is 6. The molecule has 0 unspecified atom stereocenters. The summed E-state index contributed by atoms with van der Waals surface area (Å²) in [5.74, 6) is 0.353. The molecule has 1 aromatic carbocycles. The van der Waals surface area contributed by atoms with Gasteiger partial charge in [0.15, 0.2) is 11.6 Å². The number of likely N-dealkylation sites (N-methyl/N-ethyl adjacent to an activating group) is 1. The van der Waals surface area contributed by atoms with E-state index in [0.717, 1.165) is 55.8 Å². The van der Waals surface area contributed by atoms with Gasteiger partial charge in [-0.3, -0.25) is 4.90 Å². The summed E-state index contributed by atoms with van der Waals surface area (Å²) in [6.07, 6.45) is 5.65. The fourth-order valence-corrected chi connectivity index (χ4v) is 4.31. The SMILES string of the molecule is [C-]#[N+]c1c(Nc2ccc(CN3CCN(C)CC3)cn2)ncnc1Oc1ccc2c(c1F)C=C(C)C2. The smallest absolute Gasteiger partial charge is 0.288 e. The molecule has 0 radical (unpaired) electrons. The number of piperazine rings is 1. The molecule has 178 valence electrons. The molecule has 8 nitrogen and oxygen atoms in total. The quantitative estimate of drug-likeness (QED) is 0.518. The van der Waals surface area contributed by atoms with Gasteiger partial charge in [0.2, 0.25) is 5.88 Å². The van der Waals surface area contributed by atoms with Crippen LogP contribution in [0.4, 0.5) is 21.7 Å². The number of hydrogen-bond acceptors (Lipinski definition) is 7. The number of halogens is 1. The number of benzene rings is 1. The topological polar surface area (TPSA) is 70.8 Å². The molecule has 1 N–H and O–H groups in total. The van der Waals surface area contributed by atoms with Crippen LogP contribution in [0.25, 0.3) is 10.9 Å². The van der Waals surface area contributed by atoms with Gasteiger partial charge in [-0.15, -0.1) is 0 Å². The molecule has 1 aliphatic heterocycles. The Morgan fingerprint density at radius 2 is 1.94 bits per heavy atom. The van der Waals surface area contributed by atoms with Crippen molar-refractivity contribution in [1.82, 2.24) is 24.8 Å². The van der Waals surface area contributed by atoms with Crippen LogP contribution in [-0.2, 0) is 13.0 Å². The van der Waals surface area contributed by atoms with E-state index in [-0.39, 0.29) is 23.1 Å². The number of fused-ring (bicyclic) bond motifs is 1. The maximum atomic E-state index is 15.0. The van der Waals surface area contributed by atoms with Gasteiger partial charge in [-0.2, -0.15) is 0 Å². The van der Waals surface area contributed by atoms with Gasteiger partial charge in [-0.1, -0.05) is 23.8 Å². The van der Waals surface area contributed by atoms with Crippen molar-refractivity contribution in [3.63, 3.8) is 0 Å². The highest BCUT2D eigenvalue weighted by Gasteiger charge is 2.21. The van der Waals surface area contributed by atoms with Crippen LogP contribution in [0, 0.1) is 12.4 Å². The molecule has 35 heavy (non-hydrogen) atoms. The fraction of sp³-hybridized carbons (Fsp3) is 0.308. The van der Waals surface area contributed by atoms with Gasteiger partial charge >= 0.3 is 0 Å². The van der Waals surface area contributed by atoms with Crippen LogP contribution in [0.2, 0.25) is 0 Å². The zero-order valence-electron chi connectivity index (χ0n) is 19.8. The molecule has 3 heterocycles. The average Bonchev–Trinajstić information content (AvgIpc) is 3.25. The Morgan fingerprint density at radius 1 is 1.11 bits per heavy atom. The van der Waals surface area contributed by atoms with E-state index in [4.69, 9.17) is 11.3 Å². The van der Waals surface area contributed by atoms with Crippen molar-refractivity contribution >= 4 is 23.4 Å². The lowest BCUT2D eigenvalue weighted by Gasteiger charge is -2.32. The van der Waals surface area contributed by atoms with Gasteiger partial charge in [0.1, 0.15) is 18.0 Å². The van der Waals surface area contributed by atoms with E-state index in [0.29, 0.717) is 11.4 Å². The number of ether oxygens (including phenoxy) is 1. The molecule has 0 spiro atoms. The maximum Gasteiger partial charge on any atom is 0.288 e. The van der Waals surface area contributed by atoms with E-state index < -0.39 is 5.82 Å². The van der Waals surface area contributed by atoms with Gasteiger partial charge in [0, 0.05) is 44.5 Å². The maximum absolute atomic E-state index is 15.0. The minimum absolute atomic E-state index is 0.0123. The number of pyridine rings is 1. The highest BCUT2D eigenvalue weighted by atomic mass is 19.1. The van der Waals surface area contributed by atoms with E-state index in [1.807, 2.05) is 37.4 Å². The predicted molar refractivity (Wildman–Crippen MR) is 132 cm³/mol. The zero-order valence-corrected chi connectivity index (χ0v) is 19.8. The van der Waals surface area contributed by atoms with Crippen LogP contribution in [0.1, 0.15) is 23.6 Å². The van der Waals surface area contributed by atoms with Crippen molar-refractivity contribution in [2.24, 2.45) is 0 Å². The third-order valence-corrected chi connectivity index (χ3v) is 6.28. The monoisotopic (exact) mass is 471 g/mol. The summed E-state index contributed by atoms with van der Waals surface area (Å²) >= 11 is 0. The lowest BCUT2D eigenvalue weighted by atomic mass is 10.1. The van der Waals surface area contributed by atoms with Crippen LogP contribution < -0.4 is 10.1 Å². The summed E-state index contributed by atoms with van der Waals surface area (Å²) in [6, 6.07) is 7.28. The molecular weight excluding hydrogens is 445 g/mol. The first-order valence-corrected chi connectivity index (χ1v) is 11.5. The van der Waals surface area contributed by atoms with Gasteiger partial charge in [0.05, 0.1) is 6.57 Å². The van der Waals surface area contributed by atoms with Crippen molar-refractivity contribution in [2.45, 2.75) is 19.9 Å². The Bertz CT molecular complexity index is 1310. The fourth-order valence-electron chi connectivity index (χ4n) is 4.31. The highest BCUT2D eigenvalue weighted by Crippen LogP contribution is 2.39. The van der Waals surface area contributed by atoms with E-state index in [1.165, 1.54) is 6.33 Å². The molecule has 0 bridgehead atoms. The lowest BCUT2D eigenvalue weighted by Crippen LogP contribution is -2.43. The summed E-state index contributed by atoms with van der Waals surface area (Å²) in [5.41, 5.74) is 3.71. The second-order valence-corrected chi connectivity index (χ2v) is 8.96. The van der Waals surface area contributed by atoms with Crippen molar-refractivity contribution in [2.75, 3.05) is 38.5 Å². The molecule has 1 aliphatic carbocycles. The lowest BCUT2D eigenvalue weighted by molar-refractivity contribution is 0.148. The summed E-state index contributed by atoms with van der Waals surface area (Å²) < 4.78 is 20.8. The summed E-state index contributed by atoms with van der Waals surface area (Å²) in [6.45, 7) is 14.7. The molecule has 1 saturated heterocycles. The average molecular weight is 472 g/mol. The number of allylic oxidation sites excluding steroid dienone is 1. The Morgan fingerprint density at radius 3 is 2.69 bits per heavy atom. The number of anilines is 2. The third kappa shape index (κ3) is 4.99. The van der Waals surface area contributed by atoms with Crippen LogP contribution >= 0.6 is 0 Å². The number of rotatable bonds is 6. The molecule has 1 fully saturated rings. The summed E-state index contributed by atoms with van der Waals surface area (Å²) in [5, 5.41) is 3.07. The first kappa shape index (κ1) is 22.9. The normalized spacial score (nSPS) is 15.9. The zero-order chi connectivity index (χ0) is 24.4. The second kappa shape index (κ2) is 9.78. The Balaban J connectivity index is 1.31. The Labute approximate surface area is 203 Å². The van der Waals surface area contributed by atoms with Gasteiger partial charge < -0.3 is 15.0 Å². The minimum Gasteiger partial charge on any atom is -0.446 e. The molecule has 0 saturated carbocycles. The largest absolute Gasteiger partial charge is 0.446 e. The predicted octanol–water partition coefficient (Wildman–Crippen LogP) is 4.80. The van der Waals surface area contributed by atoms with Crippen LogP contribution in [0.15, 0.2) is 42.4 Å². The second-order valence-electron chi connectivity index (χ2n) is 8.96. The Hall–Kier alpha value is -3.87. The third-order valence-electron chi connectivity index (χ3n) is 6.28. The van der Waals surface area contributed by atoms with E-state index in [2.05, 4.69) is 42.0 Å². The standard InChI is InChI=1S/C26H26FN7O/c1-17-12-19-5-6-21(23(27)20(19)13-17)35-26-24(28-2)25(30-16-31-26)32-22-7-4-18(14-29-22)15-34-10-8-33(3)9-11-34/h4-7,13-14,16H,8-12,15H2,1,3H3,(H,29,30,31,32). The molecule has 0 atom stereocenters. The van der Waals surface area contributed by atoms with Crippen molar-refractivity contribution in [1.29, 1.82) is 0 Å². The van der Waals surface area contributed by atoms with Crippen molar-refractivity contribution in [3.05, 3.63) is 76.3 Å². The molecule has 9 heteroatoms. The first-order chi connectivity index (χ1) is 17.0. The van der Waals surface area contributed by atoms with Crippen molar-refractivity contribution in [3.8, 4) is 11.6 Å². The first-order valence-electron chi connectivity index (χ1n) is 11.5. The van der Waals surface area contributed by atoms with Crippen LogP contribution in [0.3, 0.4) is 0 Å². The van der Waals surface area contributed by atoms with Gasteiger partial charge in [-0.25, -0.2) is 24.2 Å². The molecule has 3 aromatic rings. The molecule has 2 aliphatic rings.